The number of rotatable bonds is 3. The molecule has 1 heterocycles. The van der Waals surface area contributed by atoms with Gasteiger partial charge in [0, 0.05) is 30.6 Å². The number of urea groups is 1. The molecule has 0 aliphatic carbocycles. The largest absolute Gasteiger partial charge is 0.479 e. The first-order valence-electron chi connectivity index (χ1n) is 6.66. The number of carbonyl (C=O) groups is 3. The highest BCUT2D eigenvalue weighted by atomic mass is 35.5. The molecule has 1 aliphatic rings. The summed E-state index contributed by atoms with van der Waals surface area (Å²) >= 11 is 5.75. The number of aliphatic carboxylic acids is 1. The Kier molecular flexibility index (Phi) is 4.56. The van der Waals surface area contributed by atoms with Gasteiger partial charge >= 0.3 is 12.0 Å². The number of nitrogens with zero attached hydrogens (tertiary/aromatic N) is 1. The van der Waals surface area contributed by atoms with Gasteiger partial charge in [0.05, 0.1) is 6.54 Å². The van der Waals surface area contributed by atoms with Crippen LogP contribution in [0.5, 0.6) is 0 Å². The molecule has 118 valence electrons. The zero-order valence-corrected chi connectivity index (χ0v) is 12.7. The molecule has 1 unspecified atom stereocenters. The van der Waals surface area contributed by atoms with Crippen LogP contribution in [0.15, 0.2) is 24.3 Å². The first-order chi connectivity index (χ1) is 10.3. The van der Waals surface area contributed by atoms with Crippen molar-refractivity contribution >= 4 is 35.2 Å². The summed E-state index contributed by atoms with van der Waals surface area (Å²) in [4.78, 5) is 36.3. The average molecular weight is 326 g/mol. The van der Waals surface area contributed by atoms with Crippen molar-refractivity contribution in [2.75, 3.05) is 18.4 Å². The van der Waals surface area contributed by atoms with E-state index < -0.39 is 17.5 Å². The lowest BCUT2D eigenvalue weighted by atomic mass is 9.99. The van der Waals surface area contributed by atoms with Crippen molar-refractivity contribution < 1.29 is 19.5 Å². The van der Waals surface area contributed by atoms with Crippen molar-refractivity contribution in [1.29, 1.82) is 0 Å². The molecule has 8 heteroatoms. The van der Waals surface area contributed by atoms with E-state index in [1.54, 1.807) is 24.3 Å². The van der Waals surface area contributed by atoms with Gasteiger partial charge in [-0.25, -0.2) is 9.59 Å². The smallest absolute Gasteiger partial charge is 0.331 e. The summed E-state index contributed by atoms with van der Waals surface area (Å²) in [5.74, 6) is -1.38. The highest BCUT2D eigenvalue weighted by molar-refractivity contribution is 6.30. The number of likely N-dealkylation sites (tertiary alicyclic amines) is 1. The number of anilines is 1. The summed E-state index contributed by atoms with van der Waals surface area (Å²) in [5, 5.41) is 15.0. The second kappa shape index (κ2) is 6.23. The number of carboxylic acids is 1. The highest BCUT2D eigenvalue weighted by Crippen LogP contribution is 2.22. The lowest BCUT2D eigenvalue weighted by Gasteiger charge is -2.26. The van der Waals surface area contributed by atoms with E-state index in [9.17, 15) is 19.5 Å². The fraction of sp³-hybridized carbons (Fsp3) is 0.357. The van der Waals surface area contributed by atoms with E-state index in [1.165, 1.54) is 11.8 Å². The van der Waals surface area contributed by atoms with E-state index in [-0.39, 0.29) is 18.9 Å². The van der Waals surface area contributed by atoms with Gasteiger partial charge in [-0.15, -0.1) is 0 Å². The summed E-state index contributed by atoms with van der Waals surface area (Å²) < 4.78 is 0. The third-order valence-corrected chi connectivity index (χ3v) is 3.83. The van der Waals surface area contributed by atoms with Gasteiger partial charge in [0.15, 0.2) is 5.54 Å². The van der Waals surface area contributed by atoms with Crippen LogP contribution in [0.25, 0.3) is 0 Å². The average Bonchev–Trinajstić information content (AvgIpc) is 2.87. The Morgan fingerprint density at radius 3 is 2.41 bits per heavy atom. The highest BCUT2D eigenvalue weighted by Gasteiger charge is 2.47. The van der Waals surface area contributed by atoms with Gasteiger partial charge in [-0.2, -0.15) is 0 Å². The molecule has 22 heavy (non-hydrogen) atoms. The van der Waals surface area contributed by atoms with E-state index in [4.69, 9.17) is 11.6 Å². The number of amides is 3. The lowest BCUT2D eigenvalue weighted by Crippen LogP contribution is -2.57. The Hall–Kier alpha value is -2.28. The van der Waals surface area contributed by atoms with Crippen LogP contribution in [0.2, 0.25) is 5.02 Å². The van der Waals surface area contributed by atoms with Crippen molar-refractivity contribution in [2.24, 2.45) is 0 Å². The first kappa shape index (κ1) is 16.1. The molecular formula is C14H16ClN3O4. The summed E-state index contributed by atoms with van der Waals surface area (Å²) in [6.45, 7) is 1.61. The molecule has 0 saturated carbocycles. The Balaban J connectivity index is 2.05. The van der Waals surface area contributed by atoms with Gasteiger partial charge in [-0.1, -0.05) is 11.6 Å². The van der Waals surface area contributed by atoms with Crippen LogP contribution in [0.3, 0.4) is 0 Å². The molecule has 3 amide bonds. The lowest BCUT2D eigenvalue weighted by molar-refractivity contribution is -0.144. The van der Waals surface area contributed by atoms with Crippen molar-refractivity contribution in [1.82, 2.24) is 10.2 Å². The van der Waals surface area contributed by atoms with Gasteiger partial charge < -0.3 is 20.6 Å². The minimum Gasteiger partial charge on any atom is -0.479 e. The maximum absolute atomic E-state index is 12.0. The fourth-order valence-corrected chi connectivity index (χ4v) is 2.45. The number of halogens is 1. The fourth-order valence-electron chi connectivity index (χ4n) is 2.32. The van der Waals surface area contributed by atoms with E-state index >= 15 is 0 Å². The predicted molar refractivity (Wildman–Crippen MR) is 80.8 cm³/mol. The van der Waals surface area contributed by atoms with Gasteiger partial charge in [0.25, 0.3) is 0 Å². The maximum Gasteiger partial charge on any atom is 0.331 e. The van der Waals surface area contributed by atoms with Crippen molar-refractivity contribution in [3.05, 3.63) is 29.3 Å². The van der Waals surface area contributed by atoms with Crippen LogP contribution in [0.4, 0.5) is 10.5 Å². The number of hydrogen-bond acceptors (Lipinski definition) is 3. The Morgan fingerprint density at radius 2 is 1.91 bits per heavy atom. The van der Waals surface area contributed by atoms with E-state index in [1.807, 2.05) is 0 Å². The summed E-state index contributed by atoms with van der Waals surface area (Å²) in [5.41, 5.74) is -0.980. The van der Waals surface area contributed by atoms with Crippen LogP contribution in [-0.4, -0.2) is 46.5 Å². The number of nitrogens with one attached hydrogen (secondary N) is 2. The van der Waals surface area contributed by atoms with Gasteiger partial charge in [0.2, 0.25) is 5.91 Å². The van der Waals surface area contributed by atoms with Crippen LogP contribution in [0.1, 0.15) is 13.3 Å². The molecule has 0 spiro atoms. The van der Waals surface area contributed by atoms with E-state index in [0.717, 1.165) is 0 Å². The summed E-state index contributed by atoms with van der Waals surface area (Å²) in [6.07, 6.45) is 0.163. The van der Waals surface area contributed by atoms with Gasteiger partial charge in [-0.3, -0.25) is 4.79 Å². The van der Waals surface area contributed by atoms with Crippen molar-refractivity contribution in [3.8, 4) is 0 Å². The number of carbonyl (C=O) groups excluding carboxylic acids is 2. The summed E-state index contributed by atoms with van der Waals surface area (Å²) in [7, 11) is 0. The number of carboxylic acid groups (broad SMARTS) is 1. The molecule has 1 aromatic carbocycles. The zero-order valence-electron chi connectivity index (χ0n) is 11.9. The van der Waals surface area contributed by atoms with Crippen molar-refractivity contribution in [3.63, 3.8) is 0 Å². The Morgan fingerprint density at radius 1 is 1.27 bits per heavy atom. The van der Waals surface area contributed by atoms with Crippen LogP contribution in [-0.2, 0) is 9.59 Å². The first-order valence-corrected chi connectivity index (χ1v) is 7.04. The SMILES string of the molecule is CC(=O)N1CCC(NC(=O)Nc2ccc(Cl)cc2)(C(=O)O)C1. The molecule has 1 atom stereocenters. The molecule has 1 fully saturated rings. The standard InChI is InChI=1S/C14H16ClN3O4/c1-9(19)18-7-6-14(8-18,12(20)21)17-13(22)16-11-4-2-10(15)3-5-11/h2-5H,6-8H2,1H3,(H,20,21)(H2,16,17,22). The third-order valence-electron chi connectivity index (χ3n) is 3.58. The minimum atomic E-state index is -1.47. The molecular weight excluding hydrogens is 310 g/mol. The maximum atomic E-state index is 12.0. The molecule has 3 N–H and O–H groups in total. The second-order valence-electron chi connectivity index (χ2n) is 5.16. The predicted octanol–water partition coefficient (Wildman–Crippen LogP) is 1.54. The van der Waals surface area contributed by atoms with Crippen LogP contribution >= 0.6 is 11.6 Å². The molecule has 2 rings (SSSR count). The molecule has 0 radical (unpaired) electrons. The molecule has 1 saturated heterocycles. The van der Waals surface area contributed by atoms with Gasteiger partial charge in [-0.05, 0) is 24.3 Å². The minimum absolute atomic E-state index is 0.0499. The summed E-state index contributed by atoms with van der Waals surface area (Å²) in [6, 6.07) is 5.78. The van der Waals surface area contributed by atoms with Crippen LogP contribution in [0, 0.1) is 0 Å². The Labute approximate surface area is 132 Å². The second-order valence-corrected chi connectivity index (χ2v) is 5.60. The normalized spacial score (nSPS) is 20.5. The van der Waals surface area contributed by atoms with Crippen LogP contribution < -0.4 is 10.6 Å². The molecule has 0 aromatic heterocycles. The molecule has 0 bridgehead atoms. The molecule has 1 aromatic rings. The number of hydrogen-bond donors (Lipinski definition) is 3. The quantitative estimate of drug-likeness (QED) is 0.785. The number of benzene rings is 1. The molecule has 1 aliphatic heterocycles. The Bertz CT molecular complexity index is 605. The van der Waals surface area contributed by atoms with Gasteiger partial charge in [0.1, 0.15) is 0 Å². The topological polar surface area (TPSA) is 98.7 Å². The monoisotopic (exact) mass is 325 g/mol. The molecule has 7 nitrogen and oxygen atoms in total. The van der Waals surface area contributed by atoms with Crippen molar-refractivity contribution in [2.45, 2.75) is 18.9 Å². The van der Waals surface area contributed by atoms with E-state index in [2.05, 4.69) is 10.6 Å². The zero-order chi connectivity index (χ0) is 16.3. The third kappa shape index (κ3) is 3.48. The van der Waals surface area contributed by atoms with E-state index in [0.29, 0.717) is 17.3 Å².